The minimum absolute atomic E-state index is 0.0469. The second-order valence-corrected chi connectivity index (χ2v) is 6.84. The first kappa shape index (κ1) is 20.8. The number of rotatable bonds is 8. The van der Waals surface area contributed by atoms with Gasteiger partial charge in [-0.3, -0.25) is 9.59 Å². The van der Waals surface area contributed by atoms with Crippen molar-refractivity contribution < 1.29 is 18.7 Å². The van der Waals surface area contributed by atoms with Gasteiger partial charge in [-0.1, -0.05) is 0 Å². The van der Waals surface area contributed by atoms with Crippen LogP contribution in [-0.4, -0.2) is 55.1 Å². The molecule has 3 rings (SSSR count). The number of carbonyl (C=O) groups is 1. The first-order valence-electron chi connectivity index (χ1n) is 9.54. The molecular formula is C20H25FN4O4. The lowest BCUT2D eigenvalue weighted by Crippen LogP contribution is -2.46. The summed E-state index contributed by atoms with van der Waals surface area (Å²) in [6.45, 7) is 2.17. The molecule has 1 fully saturated rings. The topological polar surface area (TPSA) is 85.7 Å². The first-order valence-corrected chi connectivity index (χ1v) is 9.54. The van der Waals surface area contributed by atoms with Gasteiger partial charge in [0.2, 0.25) is 0 Å². The van der Waals surface area contributed by atoms with E-state index in [1.54, 1.807) is 19.4 Å². The van der Waals surface area contributed by atoms with Crippen molar-refractivity contribution in [1.82, 2.24) is 15.1 Å². The summed E-state index contributed by atoms with van der Waals surface area (Å²) in [6, 6.07) is 7.17. The molecule has 9 heteroatoms. The predicted octanol–water partition coefficient (Wildman–Crippen LogP) is 1.19. The van der Waals surface area contributed by atoms with Gasteiger partial charge in [0.1, 0.15) is 11.6 Å². The second-order valence-electron chi connectivity index (χ2n) is 6.84. The minimum Gasteiger partial charge on any atom is -0.484 e. The van der Waals surface area contributed by atoms with E-state index in [-0.39, 0.29) is 29.9 Å². The number of benzene rings is 1. The second kappa shape index (κ2) is 10.0. The molecule has 2 aromatic rings. The highest BCUT2D eigenvalue weighted by atomic mass is 19.1. The van der Waals surface area contributed by atoms with Crippen LogP contribution in [0.25, 0.3) is 0 Å². The van der Waals surface area contributed by atoms with Crippen molar-refractivity contribution in [2.75, 3.05) is 38.3 Å². The highest BCUT2D eigenvalue weighted by Gasteiger charge is 2.21. The molecule has 0 aliphatic carbocycles. The summed E-state index contributed by atoms with van der Waals surface area (Å²) in [4.78, 5) is 26.3. The summed E-state index contributed by atoms with van der Waals surface area (Å²) in [5.74, 6) is -0.115. The van der Waals surface area contributed by atoms with E-state index in [9.17, 15) is 14.0 Å². The largest absolute Gasteiger partial charge is 0.484 e. The van der Waals surface area contributed by atoms with Gasteiger partial charge >= 0.3 is 0 Å². The van der Waals surface area contributed by atoms with Crippen molar-refractivity contribution in [2.24, 2.45) is 0 Å². The fraction of sp³-hybridized carbons (Fsp3) is 0.450. The van der Waals surface area contributed by atoms with E-state index in [2.05, 4.69) is 15.3 Å². The summed E-state index contributed by atoms with van der Waals surface area (Å²) in [7, 11) is 1.58. The number of nitrogens with zero attached hydrogens (tertiary/aromatic N) is 3. The van der Waals surface area contributed by atoms with Gasteiger partial charge in [-0.15, -0.1) is 0 Å². The van der Waals surface area contributed by atoms with Gasteiger partial charge in [-0.05, 0) is 37.1 Å². The number of halogens is 1. The van der Waals surface area contributed by atoms with Gasteiger partial charge in [0.05, 0.1) is 25.0 Å². The Balaban J connectivity index is 1.44. The average Bonchev–Trinajstić information content (AvgIpc) is 2.73. The van der Waals surface area contributed by atoms with Crippen molar-refractivity contribution >= 4 is 11.6 Å². The van der Waals surface area contributed by atoms with E-state index < -0.39 is 0 Å². The van der Waals surface area contributed by atoms with Crippen LogP contribution in [0.5, 0.6) is 5.75 Å². The van der Waals surface area contributed by atoms with Crippen LogP contribution >= 0.6 is 0 Å². The molecule has 0 saturated carbocycles. The molecule has 1 aromatic carbocycles. The first-order chi connectivity index (χ1) is 14.0. The third kappa shape index (κ3) is 6.02. The quantitative estimate of drug-likeness (QED) is 0.712. The zero-order chi connectivity index (χ0) is 20.6. The summed E-state index contributed by atoms with van der Waals surface area (Å²) in [5.41, 5.74) is 0.626. The molecule has 1 saturated heterocycles. The SMILES string of the molecule is COCCn1ncc(N2CCC(NC(=O)COc3ccc(F)cc3)CC2)cc1=O. The summed E-state index contributed by atoms with van der Waals surface area (Å²) >= 11 is 0. The molecule has 1 aliphatic heterocycles. The van der Waals surface area contributed by atoms with Gasteiger partial charge in [0.15, 0.2) is 6.61 Å². The molecule has 0 spiro atoms. The van der Waals surface area contributed by atoms with E-state index in [0.29, 0.717) is 32.0 Å². The number of aromatic nitrogens is 2. The minimum atomic E-state index is -0.351. The Morgan fingerprint density at radius 2 is 2.00 bits per heavy atom. The molecule has 0 radical (unpaired) electrons. The number of anilines is 1. The predicted molar refractivity (Wildman–Crippen MR) is 106 cm³/mol. The number of carbonyl (C=O) groups excluding carboxylic acids is 1. The molecule has 1 aliphatic rings. The Labute approximate surface area is 168 Å². The number of nitrogens with one attached hydrogen (secondary N) is 1. The van der Waals surface area contributed by atoms with Crippen LogP contribution in [0.4, 0.5) is 10.1 Å². The van der Waals surface area contributed by atoms with Crippen LogP contribution in [0.3, 0.4) is 0 Å². The third-order valence-corrected chi connectivity index (χ3v) is 4.77. The van der Waals surface area contributed by atoms with Gasteiger partial charge < -0.3 is 19.7 Å². The van der Waals surface area contributed by atoms with Crippen LogP contribution in [0.15, 0.2) is 41.3 Å². The summed E-state index contributed by atoms with van der Waals surface area (Å²) < 4.78 is 24.6. The molecule has 0 unspecified atom stereocenters. The zero-order valence-electron chi connectivity index (χ0n) is 16.3. The average molecular weight is 404 g/mol. The van der Waals surface area contributed by atoms with Crippen LogP contribution < -0.4 is 20.5 Å². The number of piperidine rings is 1. The van der Waals surface area contributed by atoms with Crippen LogP contribution in [0.1, 0.15) is 12.8 Å². The van der Waals surface area contributed by atoms with E-state index >= 15 is 0 Å². The lowest BCUT2D eigenvalue weighted by Gasteiger charge is -2.33. The molecule has 29 heavy (non-hydrogen) atoms. The smallest absolute Gasteiger partial charge is 0.268 e. The Morgan fingerprint density at radius 3 is 2.66 bits per heavy atom. The molecular weight excluding hydrogens is 379 g/mol. The Bertz CT molecular complexity index is 864. The van der Waals surface area contributed by atoms with Crippen molar-refractivity contribution in [3.63, 3.8) is 0 Å². The zero-order valence-corrected chi connectivity index (χ0v) is 16.3. The lowest BCUT2D eigenvalue weighted by atomic mass is 10.0. The fourth-order valence-electron chi connectivity index (χ4n) is 3.17. The van der Waals surface area contributed by atoms with Crippen LogP contribution in [0, 0.1) is 5.82 Å². The van der Waals surface area contributed by atoms with Crippen molar-refractivity contribution in [1.29, 1.82) is 0 Å². The maximum absolute atomic E-state index is 12.9. The molecule has 0 bridgehead atoms. The third-order valence-electron chi connectivity index (χ3n) is 4.77. The highest BCUT2D eigenvalue weighted by Crippen LogP contribution is 2.18. The Hall–Kier alpha value is -2.94. The molecule has 2 heterocycles. The van der Waals surface area contributed by atoms with Crippen LogP contribution in [-0.2, 0) is 16.1 Å². The van der Waals surface area contributed by atoms with Crippen molar-refractivity contribution in [2.45, 2.75) is 25.4 Å². The number of amides is 1. The fourth-order valence-corrected chi connectivity index (χ4v) is 3.17. The van der Waals surface area contributed by atoms with Crippen molar-refractivity contribution in [3.8, 4) is 5.75 Å². The van der Waals surface area contributed by atoms with Gasteiger partial charge in [-0.2, -0.15) is 5.10 Å². The van der Waals surface area contributed by atoms with Crippen molar-refractivity contribution in [3.05, 3.63) is 52.7 Å². The van der Waals surface area contributed by atoms with Crippen LogP contribution in [0.2, 0.25) is 0 Å². The standard InChI is InChI=1S/C20H25FN4O4/c1-28-11-10-25-20(27)12-17(13-22-25)24-8-6-16(7-9-24)23-19(26)14-29-18-4-2-15(21)3-5-18/h2-5,12-13,16H,6-11,14H2,1H3,(H,23,26). The molecule has 1 aromatic heterocycles. The maximum Gasteiger partial charge on any atom is 0.268 e. The summed E-state index contributed by atoms with van der Waals surface area (Å²) in [6.07, 6.45) is 3.20. The lowest BCUT2D eigenvalue weighted by molar-refractivity contribution is -0.123. The Kier molecular flexibility index (Phi) is 7.18. The van der Waals surface area contributed by atoms with E-state index in [1.807, 2.05) is 0 Å². The molecule has 156 valence electrons. The Morgan fingerprint density at radius 1 is 1.28 bits per heavy atom. The molecule has 0 atom stereocenters. The van der Waals surface area contributed by atoms with E-state index in [1.165, 1.54) is 28.9 Å². The highest BCUT2D eigenvalue weighted by molar-refractivity contribution is 5.77. The monoisotopic (exact) mass is 404 g/mol. The normalized spacial score (nSPS) is 14.6. The number of ether oxygens (including phenoxy) is 2. The molecule has 1 amide bonds. The van der Waals surface area contributed by atoms with Gasteiger partial charge in [0.25, 0.3) is 11.5 Å². The summed E-state index contributed by atoms with van der Waals surface area (Å²) in [5, 5.41) is 7.15. The number of hydrogen-bond acceptors (Lipinski definition) is 6. The van der Waals surface area contributed by atoms with Gasteiger partial charge in [-0.25, -0.2) is 9.07 Å². The van der Waals surface area contributed by atoms with Gasteiger partial charge in [0, 0.05) is 32.3 Å². The molecule has 1 N–H and O–H groups in total. The molecule has 8 nitrogen and oxygen atoms in total. The number of hydrogen-bond donors (Lipinski definition) is 1. The van der Waals surface area contributed by atoms with E-state index in [4.69, 9.17) is 9.47 Å². The number of methoxy groups -OCH3 is 1. The maximum atomic E-state index is 12.9. The van der Waals surface area contributed by atoms with E-state index in [0.717, 1.165) is 18.5 Å².